The maximum atomic E-state index is 13.1. The number of imidazole rings is 1. The molecule has 2 aromatic heterocycles. The minimum absolute atomic E-state index is 0.104. The van der Waals surface area contributed by atoms with Crippen molar-refractivity contribution in [3.8, 4) is 6.07 Å². The summed E-state index contributed by atoms with van der Waals surface area (Å²) in [7, 11) is 1.54. The zero-order valence-corrected chi connectivity index (χ0v) is 16.3. The van der Waals surface area contributed by atoms with Crippen LogP contribution >= 0.6 is 11.6 Å². The second-order valence-corrected chi connectivity index (χ2v) is 7.02. The predicted octanol–water partition coefficient (Wildman–Crippen LogP) is 1.61. The average Bonchev–Trinajstić information content (AvgIpc) is 3.07. The first-order valence-corrected chi connectivity index (χ1v) is 9.21. The summed E-state index contributed by atoms with van der Waals surface area (Å²) in [6.07, 6.45) is 0.285. The number of aliphatic hydroxyl groups is 1. The van der Waals surface area contributed by atoms with E-state index in [1.54, 1.807) is 30.7 Å². The van der Waals surface area contributed by atoms with Crippen LogP contribution in [0.15, 0.2) is 33.9 Å². The molecule has 1 unspecified atom stereocenters. The lowest BCUT2D eigenvalue weighted by Crippen LogP contribution is -2.40. The molecule has 9 heteroatoms. The molecule has 0 spiro atoms. The molecule has 0 saturated heterocycles. The maximum absolute atomic E-state index is 13.1. The van der Waals surface area contributed by atoms with Gasteiger partial charge in [0.1, 0.15) is 11.7 Å². The van der Waals surface area contributed by atoms with Crippen LogP contribution in [0.1, 0.15) is 30.7 Å². The predicted molar refractivity (Wildman–Crippen MR) is 106 cm³/mol. The van der Waals surface area contributed by atoms with E-state index >= 15 is 0 Å². The van der Waals surface area contributed by atoms with Gasteiger partial charge in [0, 0.05) is 31.8 Å². The molecule has 0 amide bonds. The quantitative estimate of drug-likeness (QED) is 0.675. The molecule has 0 aliphatic carbocycles. The van der Waals surface area contributed by atoms with Gasteiger partial charge in [-0.05, 0) is 31.0 Å². The van der Waals surface area contributed by atoms with E-state index in [0.29, 0.717) is 17.4 Å². The number of hydrogen-bond acceptors (Lipinski definition) is 5. The average molecular weight is 402 g/mol. The van der Waals surface area contributed by atoms with E-state index in [2.05, 4.69) is 11.1 Å². The van der Waals surface area contributed by atoms with Gasteiger partial charge in [0.05, 0.1) is 6.07 Å². The molecular weight excluding hydrogens is 382 g/mol. The number of halogens is 1. The summed E-state index contributed by atoms with van der Waals surface area (Å²) in [4.78, 5) is 30.1. The van der Waals surface area contributed by atoms with Crippen LogP contribution < -0.4 is 11.2 Å². The van der Waals surface area contributed by atoms with Gasteiger partial charge in [-0.1, -0.05) is 23.7 Å². The minimum Gasteiger partial charge on any atom is -0.396 e. The standard InChI is InChI=1S/C19H20ClN5O3/c1-12(10-21)16-22-17-15(25(16)11-13-4-6-14(20)7-5-13)18(27)24(8-3-9-26)19(28)23(17)2/h4-7,12,26H,3,8-9,11H2,1-2H3. The van der Waals surface area contributed by atoms with E-state index in [4.69, 9.17) is 16.7 Å². The molecule has 2 heterocycles. The van der Waals surface area contributed by atoms with Gasteiger partial charge in [-0.2, -0.15) is 5.26 Å². The lowest BCUT2D eigenvalue weighted by molar-refractivity contribution is 0.277. The summed E-state index contributed by atoms with van der Waals surface area (Å²) in [6, 6.07) is 9.31. The van der Waals surface area contributed by atoms with Crippen LogP contribution in [0.3, 0.4) is 0 Å². The topological polar surface area (TPSA) is 106 Å². The molecule has 0 aliphatic heterocycles. The Kier molecular flexibility index (Phi) is 5.68. The van der Waals surface area contributed by atoms with Crippen LogP contribution in [0.2, 0.25) is 5.02 Å². The molecule has 3 rings (SSSR count). The second kappa shape index (κ2) is 8.00. The fourth-order valence-corrected chi connectivity index (χ4v) is 3.26. The van der Waals surface area contributed by atoms with Gasteiger partial charge >= 0.3 is 5.69 Å². The molecule has 146 valence electrons. The van der Waals surface area contributed by atoms with E-state index in [0.717, 1.165) is 10.1 Å². The van der Waals surface area contributed by atoms with Crippen LogP contribution in [-0.4, -0.2) is 30.4 Å². The van der Waals surface area contributed by atoms with Gasteiger partial charge in [0.25, 0.3) is 5.56 Å². The van der Waals surface area contributed by atoms with Gasteiger partial charge < -0.3 is 9.67 Å². The lowest BCUT2D eigenvalue weighted by atomic mass is 10.2. The fraction of sp³-hybridized carbons (Fsp3) is 0.368. The molecule has 8 nitrogen and oxygen atoms in total. The van der Waals surface area contributed by atoms with Crippen LogP contribution in [0.5, 0.6) is 0 Å². The maximum Gasteiger partial charge on any atom is 0.332 e. The van der Waals surface area contributed by atoms with Crippen molar-refractivity contribution in [2.24, 2.45) is 7.05 Å². The first kappa shape index (κ1) is 19.9. The van der Waals surface area contributed by atoms with E-state index in [-0.39, 0.29) is 30.7 Å². The highest BCUT2D eigenvalue weighted by atomic mass is 35.5. The number of benzene rings is 1. The van der Waals surface area contributed by atoms with Crippen LogP contribution in [0, 0.1) is 11.3 Å². The first-order valence-electron chi connectivity index (χ1n) is 8.84. The van der Waals surface area contributed by atoms with E-state index < -0.39 is 17.2 Å². The molecule has 1 atom stereocenters. The smallest absolute Gasteiger partial charge is 0.332 e. The summed E-state index contributed by atoms with van der Waals surface area (Å²) >= 11 is 5.95. The minimum atomic E-state index is -0.569. The van der Waals surface area contributed by atoms with E-state index in [9.17, 15) is 14.9 Å². The number of fused-ring (bicyclic) bond motifs is 1. The number of aromatic nitrogens is 4. The van der Waals surface area contributed by atoms with Gasteiger partial charge in [0.2, 0.25) is 0 Å². The Bertz CT molecular complexity index is 1170. The van der Waals surface area contributed by atoms with Gasteiger partial charge in [-0.3, -0.25) is 13.9 Å². The van der Waals surface area contributed by atoms with Crippen LogP contribution in [-0.2, 0) is 20.1 Å². The molecule has 0 saturated carbocycles. The van der Waals surface area contributed by atoms with Crippen molar-refractivity contribution >= 4 is 22.8 Å². The van der Waals surface area contributed by atoms with Crippen molar-refractivity contribution in [3.63, 3.8) is 0 Å². The van der Waals surface area contributed by atoms with E-state index in [1.807, 2.05) is 12.1 Å². The SMILES string of the molecule is CC(C#N)c1nc2c(c(=O)n(CCCO)c(=O)n2C)n1Cc1ccc(Cl)cc1. The number of aliphatic hydroxyl groups excluding tert-OH is 1. The Morgan fingerprint density at radius 3 is 2.54 bits per heavy atom. The number of rotatable bonds is 6. The molecular formula is C19H20ClN5O3. The molecule has 0 radical (unpaired) electrons. The fourth-order valence-electron chi connectivity index (χ4n) is 3.14. The normalized spacial score (nSPS) is 12.2. The molecule has 3 aromatic rings. The first-order chi connectivity index (χ1) is 13.4. The number of nitrogens with zero attached hydrogens (tertiary/aromatic N) is 5. The van der Waals surface area contributed by atoms with Crippen molar-refractivity contribution in [1.82, 2.24) is 18.7 Å². The zero-order valence-electron chi connectivity index (χ0n) is 15.6. The summed E-state index contributed by atoms with van der Waals surface area (Å²) in [5, 5.41) is 19.1. The molecule has 1 N–H and O–H groups in total. The Balaban J connectivity index is 2.30. The Labute approximate surface area is 165 Å². The van der Waals surface area contributed by atoms with E-state index in [1.165, 1.54) is 4.57 Å². The summed E-state index contributed by atoms with van der Waals surface area (Å²) < 4.78 is 4.09. The summed E-state index contributed by atoms with van der Waals surface area (Å²) in [5.41, 5.74) is 0.390. The van der Waals surface area contributed by atoms with Gasteiger partial charge in [-0.25, -0.2) is 9.78 Å². The highest BCUT2D eigenvalue weighted by Gasteiger charge is 2.23. The zero-order chi connectivity index (χ0) is 20.4. The highest BCUT2D eigenvalue weighted by Crippen LogP contribution is 2.21. The number of hydrogen-bond donors (Lipinski definition) is 1. The van der Waals surface area contributed by atoms with Gasteiger partial charge in [0.15, 0.2) is 11.2 Å². The third kappa shape index (κ3) is 3.46. The number of aryl methyl sites for hydroxylation is 1. The molecule has 28 heavy (non-hydrogen) atoms. The molecule has 0 bridgehead atoms. The largest absolute Gasteiger partial charge is 0.396 e. The summed E-state index contributed by atoms with van der Waals surface area (Å²) in [6.45, 7) is 1.98. The lowest BCUT2D eigenvalue weighted by Gasteiger charge is -2.12. The molecule has 0 fully saturated rings. The number of nitriles is 1. The Morgan fingerprint density at radius 1 is 1.25 bits per heavy atom. The van der Waals surface area contributed by atoms with Crippen molar-refractivity contribution in [3.05, 3.63) is 61.5 Å². The van der Waals surface area contributed by atoms with Crippen molar-refractivity contribution in [2.45, 2.75) is 32.4 Å². The van der Waals surface area contributed by atoms with Crippen LogP contribution in [0.4, 0.5) is 0 Å². The summed E-state index contributed by atoms with van der Waals surface area (Å²) in [5.74, 6) is -0.153. The third-order valence-electron chi connectivity index (χ3n) is 4.64. The highest BCUT2D eigenvalue weighted by molar-refractivity contribution is 6.30. The van der Waals surface area contributed by atoms with Crippen LogP contribution in [0.25, 0.3) is 11.2 Å². The van der Waals surface area contributed by atoms with Crippen molar-refractivity contribution < 1.29 is 5.11 Å². The van der Waals surface area contributed by atoms with Gasteiger partial charge in [-0.15, -0.1) is 0 Å². The Morgan fingerprint density at radius 2 is 1.93 bits per heavy atom. The molecule has 0 aliphatic rings. The van der Waals surface area contributed by atoms with Crippen molar-refractivity contribution in [2.75, 3.05) is 6.61 Å². The Hall–Kier alpha value is -2.89. The monoisotopic (exact) mass is 401 g/mol. The van der Waals surface area contributed by atoms with Crippen molar-refractivity contribution in [1.29, 1.82) is 5.26 Å². The third-order valence-corrected chi connectivity index (χ3v) is 4.89. The second-order valence-electron chi connectivity index (χ2n) is 6.58. The molecule has 1 aromatic carbocycles.